The van der Waals surface area contributed by atoms with Crippen LogP contribution in [0.2, 0.25) is 0 Å². The lowest BCUT2D eigenvalue weighted by molar-refractivity contribution is -0.142. The number of benzene rings is 2. The number of aliphatic hydroxyl groups is 1. The van der Waals surface area contributed by atoms with Crippen molar-refractivity contribution in [2.75, 3.05) is 6.61 Å². The van der Waals surface area contributed by atoms with Gasteiger partial charge in [-0.2, -0.15) is 0 Å². The van der Waals surface area contributed by atoms with Crippen LogP contribution >= 0.6 is 0 Å². The molecule has 0 bridgehead atoms. The first-order chi connectivity index (χ1) is 22.2. The van der Waals surface area contributed by atoms with E-state index in [2.05, 4.69) is 21.3 Å². The molecule has 2 aromatic carbocycles. The van der Waals surface area contributed by atoms with E-state index >= 15 is 0 Å². The normalized spacial score (nSPS) is 14.1. The molecule has 47 heavy (non-hydrogen) atoms. The van der Waals surface area contributed by atoms with Crippen molar-refractivity contribution in [3.8, 4) is 5.75 Å². The number of phenolic OH excluding ortho intramolecular Hbond substituents is 1. The molecule has 0 spiro atoms. The molecular formula is C32H44N6O9. The second-order valence-electron chi connectivity index (χ2n) is 11.6. The van der Waals surface area contributed by atoms with Crippen LogP contribution in [0.15, 0.2) is 54.6 Å². The highest BCUT2D eigenvalue weighted by molar-refractivity contribution is 5.95. The van der Waals surface area contributed by atoms with E-state index in [1.54, 1.807) is 56.3 Å². The Labute approximate surface area is 272 Å². The molecule has 5 unspecified atom stereocenters. The molecule has 0 radical (unpaired) electrons. The standard InChI is InChI=1S/C32H44N6O9/c1-18(2)14-24(29(43)35-23(32(46)47)12-13-27(34)41)36-30(44)25(16-19-6-4-3-5-7-19)37-31(45)26(17-39)38-28(42)22(33)15-20-8-10-21(40)11-9-20/h3-11,18,22-26,39-40H,12-17,33H2,1-2H3,(H2,34,41)(H,35,43)(H,36,44)(H,37,45)(H,38,42)(H,46,47). The Morgan fingerprint density at radius 3 is 1.77 bits per heavy atom. The van der Waals surface area contributed by atoms with E-state index in [-0.39, 0.29) is 43.8 Å². The van der Waals surface area contributed by atoms with Gasteiger partial charge in [0.25, 0.3) is 0 Å². The average Bonchev–Trinajstić information content (AvgIpc) is 3.01. The fourth-order valence-corrected chi connectivity index (χ4v) is 4.57. The first kappa shape index (κ1) is 38.2. The molecule has 0 fully saturated rings. The Balaban J connectivity index is 2.21. The molecular weight excluding hydrogens is 612 g/mol. The van der Waals surface area contributed by atoms with E-state index in [4.69, 9.17) is 11.5 Å². The highest BCUT2D eigenvalue weighted by atomic mass is 16.4. The summed E-state index contributed by atoms with van der Waals surface area (Å²) < 4.78 is 0. The van der Waals surface area contributed by atoms with Gasteiger partial charge in [0.15, 0.2) is 0 Å². The van der Waals surface area contributed by atoms with Gasteiger partial charge < -0.3 is 48.1 Å². The Morgan fingerprint density at radius 2 is 1.21 bits per heavy atom. The molecule has 0 aliphatic carbocycles. The van der Waals surface area contributed by atoms with Crippen molar-refractivity contribution < 1.29 is 44.1 Å². The van der Waals surface area contributed by atoms with Gasteiger partial charge in [0.05, 0.1) is 12.6 Å². The second kappa shape index (κ2) is 18.8. The van der Waals surface area contributed by atoms with Crippen molar-refractivity contribution in [3.63, 3.8) is 0 Å². The molecule has 11 N–H and O–H groups in total. The second-order valence-corrected chi connectivity index (χ2v) is 11.6. The van der Waals surface area contributed by atoms with Crippen molar-refractivity contribution >= 4 is 35.5 Å². The largest absolute Gasteiger partial charge is 0.508 e. The predicted octanol–water partition coefficient (Wildman–Crippen LogP) is -1.17. The van der Waals surface area contributed by atoms with E-state index in [0.717, 1.165) is 0 Å². The van der Waals surface area contributed by atoms with E-state index in [9.17, 15) is 44.1 Å². The maximum absolute atomic E-state index is 13.6. The minimum atomic E-state index is -1.48. The summed E-state index contributed by atoms with van der Waals surface area (Å²) in [4.78, 5) is 75.7. The quantitative estimate of drug-likeness (QED) is 0.0875. The van der Waals surface area contributed by atoms with Crippen LogP contribution in [0.4, 0.5) is 0 Å². The third kappa shape index (κ3) is 13.5. The fraction of sp³-hybridized carbons (Fsp3) is 0.438. The Hall–Kier alpha value is -5.02. The maximum Gasteiger partial charge on any atom is 0.326 e. The number of nitrogens with two attached hydrogens (primary N) is 2. The van der Waals surface area contributed by atoms with Crippen LogP contribution in [0.25, 0.3) is 0 Å². The van der Waals surface area contributed by atoms with Crippen molar-refractivity contribution in [2.45, 2.75) is 76.2 Å². The molecule has 15 nitrogen and oxygen atoms in total. The maximum atomic E-state index is 13.6. The molecule has 15 heteroatoms. The molecule has 0 saturated carbocycles. The molecule has 0 aliphatic rings. The van der Waals surface area contributed by atoms with E-state index in [0.29, 0.717) is 11.1 Å². The summed E-state index contributed by atoms with van der Waals surface area (Å²) in [6, 6.07) is 8.19. The van der Waals surface area contributed by atoms with Gasteiger partial charge in [-0.25, -0.2) is 4.79 Å². The lowest BCUT2D eigenvalue weighted by atomic mass is 10.00. The third-order valence-electron chi connectivity index (χ3n) is 7.09. The van der Waals surface area contributed by atoms with Gasteiger partial charge in [0.1, 0.15) is 29.9 Å². The summed E-state index contributed by atoms with van der Waals surface area (Å²) >= 11 is 0. The minimum Gasteiger partial charge on any atom is -0.508 e. The molecule has 0 aliphatic heterocycles. The van der Waals surface area contributed by atoms with Crippen LogP contribution in [0.5, 0.6) is 5.75 Å². The number of carboxylic acids is 1. The highest BCUT2D eigenvalue weighted by Crippen LogP contribution is 2.12. The van der Waals surface area contributed by atoms with Crippen molar-refractivity contribution in [2.24, 2.45) is 17.4 Å². The number of aliphatic carboxylic acids is 1. The number of hydrogen-bond acceptors (Lipinski definition) is 9. The van der Waals surface area contributed by atoms with Crippen LogP contribution in [-0.4, -0.2) is 87.6 Å². The van der Waals surface area contributed by atoms with Crippen molar-refractivity contribution in [1.82, 2.24) is 21.3 Å². The topological polar surface area (TPSA) is 263 Å². The number of phenols is 1. The van der Waals surface area contributed by atoms with Crippen molar-refractivity contribution in [1.29, 1.82) is 0 Å². The Kier molecular flexibility index (Phi) is 15.3. The van der Waals surface area contributed by atoms with Gasteiger partial charge in [0.2, 0.25) is 29.5 Å². The van der Waals surface area contributed by atoms with E-state index < -0.39 is 72.3 Å². The van der Waals surface area contributed by atoms with E-state index in [1.807, 2.05) is 0 Å². The van der Waals surface area contributed by atoms with Crippen LogP contribution < -0.4 is 32.7 Å². The summed E-state index contributed by atoms with van der Waals surface area (Å²) in [6.45, 7) is 2.76. The van der Waals surface area contributed by atoms with Crippen LogP contribution in [0, 0.1) is 5.92 Å². The molecule has 5 atom stereocenters. The Bertz CT molecular complexity index is 1370. The number of amides is 5. The highest BCUT2D eigenvalue weighted by Gasteiger charge is 2.32. The zero-order valence-electron chi connectivity index (χ0n) is 26.3. The predicted molar refractivity (Wildman–Crippen MR) is 170 cm³/mol. The number of rotatable bonds is 19. The lowest BCUT2D eigenvalue weighted by Gasteiger charge is -2.27. The molecule has 0 heterocycles. The number of carbonyl (C=O) groups is 6. The van der Waals surface area contributed by atoms with Gasteiger partial charge in [-0.3, -0.25) is 24.0 Å². The number of carbonyl (C=O) groups excluding carboxylic acids is 5. The number of aromatic hydroxyl groups is 1. The molecule has 2 rings (SSSR count). The van der Waals surface area contributed by atoms with Crippen LogP contribution in [0.3, 0.4) is 0 Å². The summed E-state index contributed by atoms with van der Waals surface area (Å²) in [7, 11) is 0. The molecule has 0 saturated heterocycles. The first-order valence-corrected chi connectivity index (χ1v) is 15.1. The summed E-state index contributed by atoms with van der Waals surface area (Å²) in [6.07, 6.45) is -0.376. The third-order valence-corrected chi connectivity index (χ3v) is 7.09. The smallest absolute Gasteiger partial charge is 0.326 e. The van der Waals surface area contributed by atoms with Crippen LogP contribution in [0.1, 0.15) is 44.2 Å². The molecule has 0 aromatic heterocycles. The summed E-state index contributed by atoms with van der Waals surface area (Å²) in [5.74, 6) is -5.43. The van der Waals surface area contributed by atoms with Crippen molar-refractivity contribution in [3.05, 3.63) is 65.7 Å². The minimum absolute atomic E-state index is 0.0305. The fourth-order valence-electron chi connectivity index (χ4n) is 4.57. The molecule has 2 aromatic rings. The van der Waals surface area contributed by atoms with Crippen LogP contribution in [-0.2, 0) is 41.6 Å². The number of carboxylic acid groups (broad SMARTS) is 1. The van der Waals surface area contributed by atoms with Gasteiger partial charge >= 0.3 is 5.97 Å². The zero-order chi connectivity index (χ0) is 35.1. The van der Waals surface area contributed by atoms with Gasteiger partial charge in [-0.05, 0) is 48.4 Å². The monoisotopic (exact) mass is 656 g/mol. The Morgan fingerprint density at radius 1 is 0.702 bits per heavy atom. The number of nitrogens with one attached hydrogen (secondary N) is 4. The summed E-state index contributed by atoms with van der Waals surface area (Å²) in [5, 5.41) is 38.8. The number of hydrogen-bond donors (Lipinski definition) is 9. The zero-order valence-corrected chi connectivity index (χ0v) is 26.3. The average molecular weight is 657 g/mol. The summed E-state index contributed by atoms with van der Waals surface area (Å²) in [5.41, 5.74) is 12.4. The van der Waals surface area contributed by atoms with Gasteiger partial charge in [-0.15, -0.1) is 0 Å². The lowest BCUT2D eigenvalue weighted by Crippen LogP contribution is -2.59. The molecule has 256 valence electrons. The first-order valence-electron chi connectivity index (χ1n) is 15.1. The number of primary amides is 1. The van der Waals surface area contributed by atoms with Gasteiger partial charge in [0, 0.05) is 12.8 Å². The number of aliphatic hydroxyl groups excluding tert-OH is 1. The SMILES string of the molecule is CC(C)CC(NC(=O)C(Cc1ccccc1)NC(=O)C(CO)NC(=O)C(N)Cc1ccc(O)cc1)C(=O)NC(CCC(N)=O)C(=O)O. The van der Waals surface area contributed by atoms with E-state index in [1.165, 1.54) is 12.1 Å². The van der Waals surface area contributed by atoms with Gasteiger partial charge in [-0.1, -0.05) is 56.3 Å². The molecule has 5 amide bonds.